The van der Waals surface area contributed by atoms with E-state index in [0.29, 0.717) is 5.75 Å². The zero-order valence-electron chi connectivity index (χ0n) is 14.0. The van der Waals surface area contributed by atoms with Crippen molar-refractivity contribution in [2.45, 2.75) is 45.3 Å². The second-order valence-corrected chi connectivity index (χ2v) is 5.71. The molecule has 0 aliphatic carbocycles. The molecule has 0 bridgehead atoms. The Hall–Kier alpha value is -0.620. The third-order valence-electron chi connectivity index (χ3n) is 4.17. The number of benzene rings is 1. The molecule has 1 heterocycles. The molecule has 1 aromatic rings. The van der Waals surface area contributed by atoms with Gasteiger partial charge in [-0.25, -0.2) is 0 Å². The van der Waals surface area contributed by atoms with E-state index in [0.717, 1.165) is 51.0 Å². The summed E-state index contributed by atoms with van der Waals surface area (Å²) in [5.41, 5.74) is 0.890. The Morgan fingerprint density at radius 1 is 1.12 bits per heavy atom. The fraction of sp³-hybridized carbons (Fsp3) is 0.647. The number of hydrogen-bond acceptors (Lipinski definition) is 3. The lowest BCUT2D eigenvalue weighted by Gasteiger charge is -2.36. The highest BCUT2D eigenvalue weighted by Crippen LogP contribution is 2.34. The fourth-order valence-electron chi connectivity index (χ4n) is 3.08. The van der Waals surface area contributed by atoms with Gasteiger partial charge in [0.25, 0.3) is 0 Å². The first-order valence-corrected chi connectivity index (χ1v) is 8.21. The van der Waals surface area contributed by atoms with Gasteiger partial charge < -0.3 is 10.1 Å². The lowest BCUT2D eigenvalue weighted by Crippen LogP contribution is -2.45. The lowest BCUT2D eigenvalue weighted by molar-refractivity contribution is -0.0513. The van der Waals surface area contributed by atoms with Crippen molar-refractivity contribution in [3.8, 4) is 5.75 Å². The van der Waals surface area contributed by atoms with Crippen LogP contribution in [0.4, 0.5) is 8.78 Å². The van der Waals surface area contributed by atoms with Gasteiger partial charge in [-0.2, -0.15) is 8.78 Å². The summed E-state index contributed by atoms with van der Waals surface area (Å²) in [5, 5.41) is 3.34. The van der Waals surface area contributed by atoms with Crippen molar-refractivity contribution in [2.75, 3.05) is 26.2 Å². The first-order chi connectivity index (χ1) is 10.7. The maximum atomic E-state index is 12.7. The molecule has 1 aromatic carbocycles. The van der Waals surface area contributed by atoms with Crippen molar-refractivity contribution in [2.24, 2.45) is 0 Å². The molecular weight excluding hydrogens is 357 g/mol. The molecule has 0 radical (unpaired) electrons. The molecular formula is C17H28Cl2F2N2O. The van der Waals surface area contributed by atoms with E-state index in [2.05, 4.69) is 17.1 Å². The summed E-state index contributed by atoms with van der Waals surface area (Å²) in [6.45, 7) is 3.18. The standard InChI is InChI=1S/C17H26F2N2O.2ClH/c1-2-3-4-8-15(21-12-10-20-11-13-21)14-7-5-6-9-16(14)22-17(18)19;;/h5-7,9,15,17,20H,2-4,8,10-13H2,1H3;2*1H/t15-;;/m1../s1. The summed E-state index contributed by atoms with van der Waals surface area (Å²) in [6, 6.07) is 7.39. The van der Waals surface area contributed by atoms with E-state index in [4.69, 9.17) is 4.74 Å². The number of ether oxygens (including phenoxy) is 1. The summed E-state index contributed by atoms with van der Waals surface area (Å²) < 4.78 is 30.1. The molecule has 0 unspecified atom stereocenters. The van der Waals surface area contributed by atoms with E-state index < -0.39 is 6.61 Å². The monoisotopic (exact) mass is 384 g/mol. The van der Waals surface area contributed by atoms with Crippen molar-refractivity contribution in [1.82, 2.24) is 10.2 Å². The number of nitrogens with one attached hydrogen (secondary N) is 1. The van der Waals surface area contributed by atoms with Crippen LogP contribution in [0.3, 0.4) is 0 Å². The molecule has 3 nitrogen and oxygen atoms in total. The zero-order valence-corrected chi connectivity index (χ0v) is 15.7. The van der Waals surface area contributed by atoms with Crippen molar-refractivity contribution in [1.29, 1.82) is 0 Å². The van der Waals surface area contributed by atoms with Crippen LogP contribution in [0.1, 0.15) is 44.2 Å². The first-order valence-electron chi connectivity index (χ1n) is 8.21. The Kier molecular flexibility index (Phi) is 12.4. The van der Waals surface area contributed by atoms with Gasteiger partial charge in [0.05, 0.1) is 0 Å². The van der Waals surface area contributed by atoms with Crippen LogP contribution in [0.25, 0.3) is 0 Å². The van der Waals surface area contributed by atoms with Gasteiger partial charge in [0.15, 0.2) is 0 Å². The molecule has 2 rings (SSSR count). The predicted molar refractivity (Wildman–Crippen MR) is 98.9 cm³/mol. The maximum Gasteiger partial charge on any atom is 0.387 e. The van der Waals surface area contributed by atoms with Gasteiger partial charge in [0.2, 0.25) is 0 Å². The third kappa shape index (κ3) is 7.09. The summed E-state index contributed by atoms with van der Waals surface area (Å²) in [5.74, 6) is 0.317. The van der Waals surface area contributed by atoms with E-state index in [1.807, 2.05) is 12.1 Å². The highest BCUT2D eigenvalue weighted by molar-refractivity contribution is 5.85. The molecule has 1 aliphatic rings. The van der Waals surface area contributed by atoms with Gasteiger partial charge in [-0.3, -0.25) is 4.90 Å². The number of piperazine rings is 1. The summed E-state index contributed by atoms with van der Waals surface area (Å²) in [4.78, 5) is 2.39. The van der Waals surface area contributed by atoms with Crippen LogP contribution in [-0.2, 0) is 0 Å². The van der Waals surface area contributed by atoms with Gasteiger partial charge in [-0.15, -0.1) is 24.8 Å². The highest BCUT2D eigenvalue weighted by Gasteiger charge is 2.25. The van der Waals surface area contributed by atoms with Crippen LogP contribution >= 0.6 is 24.8 Å². The van der Waals surface area contributed by atoms with E-state index in [-0.39, 0.29) is 30.9 Å². The molecule has 7 heteroatoms. The van der Waals surface area contributed by atoms with Gasteiger partial charge in [0.1, 0.15) is 5.75 Å². The molecule has 0 aromatic heterocycles. The van der Waals surface area contributed by atoms with Gasteiger partial charge in [-0.05, 0) is 12.5 Å². The van der Waals surface area contributed by atoms with Crippen LogP contribution in [-0.4, -0.2) is 37.7 Å². The molecule has 1 atom stereocenters. The molecule has 1 N–H and O–H groups in total. The quantitative estimate of drug-likeness (QED) is 0.659. The molecule has 1 saturated heterocycles. The average molecular weight is 385 g/mol. The number of para-hydroxylation sites is 1. The summed E-state index contributed by atoms with van der Waals surface area (Å²) >= 11 is 0. The summed E-state index contributed by atoms with van der Waals surface area (Å²) in [6.07, 6.45) is 4.41. The van der Waals surface area contributed by atoms with Crippen molar-refractivity contribution >= 4 is 24.8 Å². The van der Waals surface area contributed by atoms with Gasteiger partial charge >= 0.3 is 6.61 Å². The minimum atomic E-state index is -2.78. The largest absolute Gasteiger partial charge is 0.434 e. The average Bonchev–Trinajstić information content (AvgIpc) is 2.53. The topological polar surface area (TPSA) is 24.5 Å². The van der Waals surface area contributed by atoms with Crippen molar-refractivity contribution in [3.63, 3.8) is 0 Å². The number of rotatable bonds is 8. The Balaban J connectivity index is 0.00000264. The second kappa shape index (κ2) is 12.7. The first kappa shape index (κ1) is 23.4. The number of nitrogens with zero attached hydrogens (tertiary/aromatic N) is 1. The normalized spacial score (nSPS) is 16.2. The number of unbranched alkanes of at least 4 members (excludes halogenated alkanes) is 2. The SMILES string of the molecule is CCCCC[C@H](c1ccccc1OC(F)F)N1CCNCC1.Cl.Cl. The van der Waals surface area contributed by atoms with Crippen LogP contribution < -0.4 is 10.1 Å². The zero-order chi connectivity index (χ0) is 15.8. The fourth-order valence-corrected chi connectivity index (χ4v) is 3.08. The van der Waals surface area contributed by atoms with E-state index >= 15 is 0 Å². The van der Waals surface area contributed by atoms with E-state index in [1.54, 1.807) is 12.1 Å². The Morgan fingerprint density at radius 3 is 2.42 bits per heavy atom. The smallest absolute Gasteiger partial charge is 0.387 e. The Labute approximate surface area is 156 Å². The van der Waals surface area contributed by atoms with E-state index in [1.165, 1.54) is 6.42 Å². The predicted octanol–water partition coefficient (Wildman–Crippen LogP) is 4.66. The van der Waals surface area contributed by atoms with Crippen LogP contribution in [0.2, 0.25) is 0 Å². The lowest BCUT2D eigenvalue weighted by atomic mass is 9.97. The molecule has 1 aliphatic heterocycles. The van der Waals surface area contributed by atoms with Crippen molar-refractivity contribution < 1.29 is 13.5 Å². The Bertz CT molecular complexity index is 446. The molecule has 1 fully saturated rings. The van der Waals surface area contributed by atoms with E-state index in [9.17, 15) is 8.78 Å². The van der Waals surface area contributed by atoms with Gasteiger partial charge in [0, 0.05) is 37.8 Å². The number of halogens is 4. The second-order valence-electron chi connectivity index (χ2n) is 5.71. The molecule has 140 valence electrons. The number of alkyl halides is 2. The van der Waals surface area contributed by atoms with Crippen LogP contribution in [0.15, 0.2) is 24.3 Å². The van der Waals surface area contributed by atoms with Crippen LogP contribution in [0.5, 0.6) is 5.75 Å². The van der Waals surface area contributed by atoms with Crippen molar-refractivity contribution in [3.05, 3.63) is 29.8 Å². The molecule has 24 heavy (non-hydrogen) atoms. The van der Waals surface area contributed by atoms with Crippen LogP contribution in [0, 0.1) is 0 Å². The van der Waals surface area contributed by atoms with Gasteiger partial charge in [-0.1, -0.05) is 44.4 Å². The molecule has 0 amide bonds. The Morgan fingerprint density at radius 2 is 1.79 bits per heavy atom. The third-order valence-corrected chi connectivity index (χ3v) is 4.17. The number of hydrogen-bond donors (Lipinski definition) is 1. The maximum absolute atomic E-state index is 12.7. The minimum absolute atomic E-state index is 0. The summed E-state index contributed by atoms with van der Waals surface area (Å²) in [7, 11) is 0. The minimum Gasteiger partial charge on any atom is -0.434 e. The molecule has 0 spiro atoms. The molecule has 0 saturated carbocycles. The highest BCUT2D eigenvalue weighted by atomic mass is 35.5.